The van der Waals surface area contributed by atoms with Crippen molar-refractivity contribution in [2.75, 3.05) is 17.2 Å². The zero-order chi connectivity index (χ0) is 22.8. The first-order chi connectivity index (χ1) is 16.1. The van der Waals surface area contributed by atoms with Gasteiger partial charge in [-0.1, -0.05) is 25.1 Å². The summed E-state index contributed by atoms with van der Waals surface area (Å²) in [5, 5.41) is 17.6. The molecule has 5 rings (SSSR count). The Bertz CT molecular complexity index is 1210. The van der Waals surface area contributed by atoms with E-state index < -0.39 is 0 Å². The molecule has 3 atom stereocenters. The van der Waals surface area contributed by atoms with E-state index in [0.717, 1.165) is 50.8 Å². The van der Waals surface area contributed by atoms with Crippen molar-refractivity contribution >= 4 is 33.3 Å². The Morgan fingerprint density at radius 1 is 1.06 bits per heavy atom. The first kappa shape index (κ1) is 21.7. The monoisotopic (exact) mass is 460 g/mol. The number of fused-ring (bicyclic) bond motifs is 1. The van der Waals surface area contributed by atoms with Crippen LogP contribution in [0.15, 0.2) is 48.7 Å². The van der Waals surface area contributed by atoms with Crippen LogP contribution in [-0.2, 0) is 6.54 Å². The normalized spacial score (nSPS) is 20.3. The summed E-state index contributed by atoms with van der Waals surface area (Å²) in [4.78, 5) is 18.9. The number of rotatable bonds is 7. The lowest BCUT2D eigenvalue weighted by Gasteiger charge is -2.21. The lowest BCUT2D eigenvalue weighted by Crippen LogP contribution is -2.24. The molecule has 0 unspecified atom stereocenters. The van der Waals surface area contributed by atoms with Crippen LogP contribution in [0.4, 0.5) is 11.8 Å². The van der Waals surface area contributed by atoms with Crippen molar-refractivity contribution in [1.29, 1.82) is 0 Å². The van der Waals surface area contributed by atoms with Gasteiger partial charge in [-0.2, -0.15) is 4.98 Å². The summed E-state index contributed by atoms with van der Waals surface area (Å²) in [6.45, 7) is 5.02. The molecule has 1 aliphatic rings. The molecular formula is C25H28N6OS. The van der Waals surface area contributed by atoms with Crippen molar-refractivity contribution in [3.05, 3.63) is 60.0 Å². The number of benzene rings is 1. The van der Waals surface area contributed by atoms with Gasteiger partial charge in [0, 0.05) is 18.8 Å². The Labute approximate surface area is 197 Å². The number of thiazole rings is 1. The largest absolute Gasteiger partial charge is 0.396 e. The minimum atomic E-state index is 0.229. The molecule has 33 heavy (non-hydrogen) atoms. The van der Waals surface area contributed by atoms with Gasteiger partial charge in [-0.15, -0.1) is 11.3 Å². The molecule has 3 aromatic heterocycles. The van der Waals surface area contributed by atoms with E-state index in [1.807, 2.05) is 43.3 Å². The van der Waals surface area contributed by atoms with Gasteiger partial charge >= 0.3 is 0 Å². The Morgan fingerprint density at radius 3 is 2.67 bits per heavy atom. The highest BCUT2D eigenvalue weighted by atomic mass is 32.1. The standard InChI is InChI=1S/C25H28N6OS/c1-15-11-17(14-32)12-20(15)29-23-22(24-30-19-8-3-4-9-21(19)33-24)16(2)28-25(31-23)27-13-18-7-5-6-10-26-18/h3-10,15,17,20,32H,11-14H2,1-2H3,(H2,27,28,29,31)/t15-,17-,20-/m1/s1. The second-order valence-electron chi connectivity index (χ2n) is 8.77. The van der Waals surface area contributed by atoms with Crippen LogP contribution >= 0.6 is 11.3 Å². The molecule has 7 nitrogen and oxygen atoms in total. The van der Waals surface area contributed by atoms with Crippen molar-refractivity contribution < 1.29 is 5.11 Å². The Balaban J connectivity index is 1.50. The van der Waals surface area contributed by atoms with Crippen molar-refractivity contribution in [2.24, 2.45) is 11.8 Å². The fraction of sp³-hybridized carbons (Fsp3) is 0.360. The zero-order valence-electron chi connectivity index (χ0n) is 18.8. The summed E-state index contributed by atoms with van der Waals surface area (Å²) in [6, 6.07) is 14.3. The van der Waals surface area contributed by atoms with E-state index in [1.54, 1.807) is 17.5 Å². The molecule has 0 saturated heterocycles. The molecular weight excluding hydrogens is 432 g/mol. The smallest absolute Gasteiger partial charge is 0.225 e. The fourth-order valence-electron chi connectivity index (χ4n) is 4.57. The number of nitrogens with one attached hydrogen (secondary N) is 2. The molecule has 1 aromatic carbocycles. The number of hydrogen-bond acceptors (Lipinski definition) is 8. The molecule has 1 aliphatic carbocycles. The molecule has 1 fully saturated rings. The summed E-state index contributed by atoms with van der Waals surface area (Å²) in [5.41, 5.74) is 3.73. The van der Waals surface area contributed by atoms with E-state index in [0.29, 0.717) is 24.3 Å². The van der Waals surface area contributed by atoms with Gasteiger partial charge in [0.05, 0.1) is 33.7 Å². The average Bonchev–Trinajstić information content (AvgIpc) is 3.41. The SMILES string of the molecule is Cc1nc(NCc2ccccn2)nc(N[C@@H]2C[C@H](CO)C[C@H]2C)c1-c1nc2ccccc2s1. The fourth-order valence-corrected chi connectivity index (χ4v) is 5.63. The van der Waals surface area contributed by atoms with Crippen molar-refractivity contribution in [3.63, 3.8) is 0 Å². The molecule has 0 radical (unpaired) electrons. The number of aliphatic hydroxyl groups excluding tert-OH is 1. The minimum Gasteiger partial charge on any atom is -0.396 e. The van der Waals surface area contributed by atoms with Crippen LogP contribution < -0.4 is 10.6 Å². The second kappa shape index (κ2) is 9.41. The third-order valence-electron chi connectivity index (χ3n) is 6.31. The number of aliphatic hydroxyl groups is 1. The van der Waals surface area contributed by atoms with Gasteiger partial charge in [0.1, 0.15) is 10.8 Å². The Kier molecular flexibility index (Phi) is 6.20. The number of aryl methyl sites for hydroxylation is 1. The third kappa shape index (κ3) is 4.67. The number of aromatic nitrogens is 4. The molecule has 170 valence electrons. The summed E-state index contributed by atoms with van der Waals surface area (Å²) < 4.78 is 1.14. The van der Waals surface area contributed by atoms with Crippen molar-refractivity contribution in [1.82, 2.24) is 19.9 Å². The lowest BCUT2D eigenvalue weighted by atomic mass is 10.1. The maximum absolute atomic E-state index is 9.67. The summed E-state index contributed by atoms with van der Waals surface area (Å²) in [6.07, 6.45) is 3.72. The molecule has 0 amide bonds. The highest BCUT2D eigenvalue weighted by Gasteiger charge is 2.32. The van der Waals surface area contributed by atoms with E-state index >= 15 is 0 Å². The predicted octanol–water partition coefficient (Wildman–Crippen LogP) is 4.89. The van der Waals surface area contributed by atoms with Gasteiger partial charge in [-0.3, -0.25) is 4.98 Å². The summed E-state index contributed by atoms with van der Waals surface area (Å²) >= 11 is 1.66. The Hall–Kier alpha value is -3.10. The number of anilines is 2. The first-order valence-electron chi connectivity index (χ1n) is 11.4. The van der Waals surface area contributed by atoms with Gasteiger partial charge < -0.3 is 15.7 Å². The van der Waals surface area contributed by atoms with Crippen LogP contribution in [0.3, 0.4) is 0 Å². The van der Waals surface area contributed by atoms with E-state index in [1.165, 1.54) is 0 Å². The average molecular weight is 461 g/mol. The molecule has 3 heterocycles. The second-order valence-corrected chi connectivity index (χ2v) is 9.80. The topological polar surface area (TPSA) is 95.9 Å². The van der Waals surface area contributed by atoms with Crippen LogP contribution in [0.2, 0.25) is 0 Å². The molecule has 3 N–H and O–H groups in total. The van der Waals surface area contributed by atoms with Gasteiger partial charge in [-0.25, -0.2) is 9.97 Å². The molecule has 0 spiro atoms. The van der Waals surface area contributed by atoms with Crippen molar-refractivity contribution in [3.8, 4) is 10.6 Å². The summed E-state index contributed by atoms with van der Waals surface area (Å²) in [5.74, 6) is 2.13. The highest BCUT2D eigenvalue weighted by Crippen LogP contribution is 2.39. The number of pyridine rings is 1. The van der Waals surface area contributed by atoms with Crippen LogP contribution in [0.1, 0.15) is 31.2 Å². The predicted molar refractivity (Wildman–Crippen MR) is 133 cm³/mol. The molecule has 1 saturated carbocycles. The zero-order valence-corrected chi connectivity index (χ0v) is 19.6. The molecule has 0 bridgehead atoms. The lowest BCUT2D eigenvalue weighted by molar-refractivity contribution is 0.226. The van der Waals surface area contributed by atoms with E-state index in [4.69, 9.17) is 15.0 Å². The number of para-hydroxylation sites is 1. The van der Waals surface area contributed by atoms with Gasteiger partial charge in [0.2, 0.25) is 5.95 Å². The Morgan fingerprint density at radius 2 is 1.91 bits per heavy atom. The number of nitrogens with zero attached hydrogens (tertiary/aromatic N) is 4. The van der Waals surface area contributed by atoms with E-state index in [-0.39, 0.29) is 12.6 Å². The maximum Gasteiger partial charge on any atom is 0.225 e. The maximum atomic E-state index is 9.67. The van der Waals surface area contributed by atoms with E-state index in [9.17, 15) is 5.11 Å². The highest BCUT2D eigenvalue weighted by molar-refractivity contribution is 7.21. The molecule has 4 aromatic rings. The van der Waals surface area contributed by atoms with Crippen LogP contribution in [0, 0.1) is 18.8 Å². The van der Waals surface area contributed by atoms with Gasteiger partial charge in [0.15, 0.2) is 0 Å². The molecule has 0 aliphatic heterocycles. The van der Waals surface area contributed by atoms with Crippen LogP contribution in [-0.4, -0.2) is 37.7 Å². The third-order valence-corrected chi connectivity index (χ3v) is 7.36. The minimum absolute atomic E-state index is 0.229. The summed E-state index contributed by atoms with van der Waals surface area (Å²) in [7, 11) is 0. The van der Waals surface area contributed by atoms with E-state index in [2.05, 4.69) is 28.6 Å². The quantitative estimate of drug-likeness (QED) is 0.361. The number of hydrogen-bond donors (Lipinski definition) is 3. The van der Waals surface area contributed by atoms with Gasteiger partial charge in [-0.05, 0) is 55.9 Å². The van der Waals surface area contributed by atoms with Crippen LogP contribution in [0.25, 0.3) is 20.8 Å². The molecule has 8 heteroatoms. The van der Waals surface area contributed by atoms with Gasteiger partial charge in [0.25, 0.3) is 0 Å². The first-order valence-corrected chi connectivity index (χ1v) is 12.2. The van der Waals surface area contributed by atoms with Crippen molar-refractivity contribution in [2.45, 2.75) is 39.3 Å². The van der Waals surface area contributed by atoms with Crippen LogP contribution in [0.5, 0.6) is 0 Å².